The Hall–Kier alpha value is -1.66. The lowest BCUT2D eigenvalue weighted by atomic mass is 9.51. The molecule has 0 aromatic heterocycles. The number of rotatable bonds is 2. The van der Waals surface area contributed by atoms with Crippen molar-refractivity contribution in [2.75, 3.05) is 0 Å². The van der Waals surface area contributed by atoms with Crippen molar-refractivity contribution in [3.8, 4) is 0 Å². The van der Waals surface area contributed by atoms with E-state index in [9.17, 15) is 14.7 Å². The number of ether oxygens (including phenoxy) is 3. The zero-order valence-corrected chi connectivity index (χ0v) is 15.7. The maximum atomic E-state index is 12.4. The fraction of sp³-hybridized carbons (Fsp3) is 0.700. The fourth-order valence-electron chi connectivity index (χ4n) is 5.41. The first kappa shape index (κ1) is 17.7. The van der Waals surface area contributed by atoms with Gasteiger partial charge in [-0.15, -0.1) is 0 Å². The van der Waals surface area contributed by atoms with Crippen LogP contribution in [0.2, 0.25) is 0 Å². The quantitative estimate of drug-likeness (QED) is 0.459. The van der Waals surface area contributed by atoms with Crippen molar-refractivity contribution in [2.24, 2.45) is 17.3 Å². The first-order valence-corrected chi connectivity index (χ1v) is 9.24. The molecule has 0 amide bonds. The molecule has 142 valence electrons. The summed E-state index contributed by atoms with van der Waals surface area (Å²) < 4.78 is 17.5. The van der Waals surface area contributed by atoms with E-state index in [-0.39, 0.29) is 23.9 Å². The average molecular weight is 362 g/mol. The highest BCUT2D eigenvalue weighted by atomic mass is 16.6. The summed E-state index contributed by atoms with van der Waals surface area (Å²) in [5, 5.41) is 11.1. The Labute approximate surface area is 153 Å². The van der Waals surface area contributed by atoms with Gasteiger partial charge in [-0.25, -0.2) is 9.59 Å². The summed E-state index contributed by atoms with van der Waals surface area (Å²) in [4.78, 5) is 24.5. The van der Waals surface area contributed by atoms with Gasteiger partial charge in [0.25, 0.3) is 0 Å². The van der Waals surface area contributed by atoms with Gasteiger partial charge in [0, 0.05) is 34.8 Å². The van der Waals surface area contributed by atoms with E-state index in [1.807, 2.05) is 13.8 Å². The lowest BCUT2D eigenvalue weighted by molar-refractivity contribution is -0.207. The molecule has 2 saturated heterocycles. The predicted molar refractivity (Wildman–Crippen MR) is 91.9 cm³/mol. The number of carbonyl (C=O) groups is 2. The van der Waals surface area contributed by atoms with Gasteiger partial charge in [0.15, 0.2) is 0 Å². The monoisotopic (exact) mass is 362 g/mol. The third-order valence-corrected chi connectivity index (χ3v) is 7.27. The lowest BCUT2D eigenvalue weighted by Crippen LogP contribution is -2.65. The van der Waals surface area contributed by atoms with Gasteiger partial charge < -0.3 is 19.3 Å². The SMILES string of the molecule is C=C1C(=O)OC2C1CC(O)C1(C)C(OC(=O)C(C)=CC)CC3OC3(C)C21. The molecule has 8 unspecified atom stereocenters. The summed E-state index contributed by atoms with van der Waals surface area (Å²) in [6, 6.07) is 0. The molecule has 26 heavy (non-hydrogen) atoms. The highest BCUT2D eigenvalue weighted by molar-refractivity contribution is 5.91. The van der Waals surface area contributed by atoms with Crippen molar-refractivity contribution in [1.82, 2.24) is 0 Å². The van der Waals surface area contributed by atoms with Crippen molar-refractivity contribution in [2.45, 2.75) is 70.6 Å². The van der Waals surface area contributed by atoms with Gasteiger partial charge in [-0.3, -0.25) is 0 Å². The standard InChI is InChI=1S/C20H26O6/c1-6-9(2)17(22)24-13-8-14-20(5,26-14)16-15-11(10(3)18(23)25-15)7-12(21)19(13,16)4/h6,11-16,21H,3,7-8H2,1-2,4-5H3. The second kappa shape index (κ2) is 5.42. The summed E-state index contributed by atoms with van der Waals surface area (Å²) >= 11 is 0. The molecule has 0 bridgehead atoms. The Balaban J connectivity index is 1.72. The highest BCUT2D eigenvalue weighted by Gasteiger charge is 2.76. The number of carbonyl (C=O) groups excluding carboxylic acids is 2. The summed E-state index contributed by atoms with van der Waals surface area (Å²) in [6.45, 7) is 11.3. The minimum Gasteiger partial charge on any atom is -0.458 e. The van der Waals surface area contributed by atoms with Gasteiger partial charge in [0.05, 0.1) is 17.8 Å². The van der Waals surface area contributed by atoms with Crippen LogP contribution in [0.25, 0.3) is 0 Å². The van der Waals surface area contributed by atoms with Crippen molar-refractivity contribution < 1.29 is 28.9 Å². The molecule has 4 aliphatic rings. The molecule has 6 heteroatoms. The molecule has 6 nitrogen and oxygen atoms in total. The lowest BCUT2D eigenvalue weighted by Gasteiger charge is -2.55. The topological polar surface area (TPSA) is 85.4 Å². The second-order valence-electron chi connectivity index (χ2n) is 8.49. The molecule has 2 aliphatic heterocycles. The van der Waals surface area contributed by atoms with Gasteiger partial charge in [-0.1, -0.05) is 19.6 Å². The van der Waals surface area contributed by atoms with Crippen molar-refractivity contribution in [3.05, 3.63) is 23.8 Å². The molecule has 0 aromatic carbocycles. The first-order chi connectivity index (χ1) is 12.1. The number of esters is 2. The smallest absolute Gasteiger partial charge is 0.334 e. The van der Waals surface area contributed by atoms with E-state index in [0.717, 1.165) is 0 Å². The molecule has 2 aliphatic carbocycles. The van der Waals surface area contributed by atoms with Gasteiger partial charge >= 0.3 is 11.9 Å². The van der Waals surface area contributed by atoms with Crippen LogP contribution >= 0.6 is 0 Å². The second-order valence-corrected chi connectivity index (χ2v) is 8.49. The van der Waals surface area contributed by atoms with Crippen LogP contribution in [0.1, 0.15) is 40.5 Å². The summed E-state index contributed by atoms with van der Waals surface area (Å²) in [5.41, 5.74) is -0.292. The van der Waals surface area contributed by atoms with E-state index in [0.29, 0.717) is 24.0 Å². The van der Waals surface area contributed by atoms with Gasteiger partial charge in [-0.2, -0.15) is 0 Å². The molecule has 2 heterocycles. The number of aliphatic hydroxyl groups is 1. The molecule has 4 rings (SSSR count). The van der Waals surface area contributed by atoms with Crippen LogP contribution in [0.15, 0.2) is 23.8 Å². The average Bonchev–Trinajstić information content (AvgIpc) is 3.18. The third-order valence-electron chi connectivity index (χ3n) is 7.27. The number of epoxide rings is 1. The number of fused-ring (bicyclic) bond motifs is 5. The van der Waals surface area contributed by atoms with E-state index >= 15 is 0 Å². The first-order valence-electron chi connectivity index (χ1n) is 9.24. The minimum atomic E-state index is -0.752. The Bertz CT molecular complexity index is 726. The molecule has 0 spiro atoms. The number of aliphatic hydroxyl groups excluding tert-OH is 1. The van der Waals surface area contributed by atoms with Gasteiger partial charge in [-0.05, 0) is 27.2 Å². The third kappa shape index (κ3) is 2.12. The summed E-state index contributed by atoms with van der Waals surface area (Å²) in [6.07, 6.45) is 0.906. The Morgan fingerprint density at radius 2 is 2.08 bits per heavy atom. The van der Waals surface area contributed by atoms with Crippen LogP contribution in [-0.4, -0.2) is 47.1 Å². The summed E-state index contributed by atoms with van der Waals surface area (Å²) in [7, 11) is 0. The Kier molecular flexibility index (Phi) is 3.70. The minimum absolute atomic E-state index is 0.0668. The van der Waals surface area contributed by atoms with Crippen molar-refractivity contribution in [3.63, 3.8) is 0 Å². The molecule has 8 atom stereocenters. The zero-order chi connectivity index (χ0) is 19.0. The van der Waals surface area contributed by atoms with Crippen LogP contribution in [0.4, 0.5) is 0 Å². The highest BCUT2D eigenvalue weighted by Crippen LogP contribution is 2.66. The number of hydrogen-bond acceptors (Lipinski definition) is 6. The van der Waals surface area contributed by atoms with Gasteiger partial charge in [0.1, 0.15) is 12.2 Å². The molecule has 0 radical (unpaired) electrons. The van der Waals surface area contributed by atoms with Crippen LogP contribution in [0.5, 0.6) is 0 Å². The van der Waals surface area contributed by atoms with Crippen molar-refractivity contribution >= 4 is 11.9 Å². The molecule has 0 aromatic rings. The van der Waals surface area contributed by atoms with E-state index in [1.165, 1.54) is 0 Å². The number of allylic oxidation sites excluding steroid dienone is 1. The van der Waals surface area contributed by atoms with Crippen LogP contribution < -0.4 is 0 Å². The maximum absolute atomic E-state index is 12.4. The zero-order valence-electron chi connectivity index (χ0n) is 15.7. The molecule has 2 saturated carbocycles. The predicted octanol–water partition coefficient (Wildman–Crippen LogP) is 1.91. The maximum Gasteiger partial charge on any atom is 0.334 e. The van der Waals surface area contributed by atoms with Crippen LogP contribution in [0.3, 0.4) is 0 Å². The summed E-state index contributed by atoms with van der Waals surface area (Å²) in [5.74, 6) is -1.26. The van der Waals surface area contributed by atoms with Crippen LogP contribution in [-0.2, 0) is 23.8 Å². The van der Waals surface area contributed by atoms with Gasteiger partial charge in [0.2, 0.25) is 0 Å². The molecular weight excluding hydrogens is 336 g/mol. The normalized spacial score (nSPS) is 49.7. The van der Waals surface area contributed by atoms with E-state index in [1.54, 1.807) is 19.9 Å². The van der Waals surface area contributed by atoms with Crippen LogP contribution in [0, 0.1) is 17.3 Å². The molecule has 1 N–H and O–H groups in total. The number of hydrogen-bond donors (Lipinski definition) is 1. The van der Waals surface area contributed by atoms with E-state index < -0.39 is 35.3 Å². The fourth-order valence-corrected chi connectivity index (χ4v) is 5.41. The molecular formula is C20H26O6. The Morgan fingerprint density at radius 3 is 2.73 bits per heavy atom. The largest absolute Gasteiger partial charge is 0.458 e. The van der Waals surface area contributed by atoms with E-state index in [4.69, 9.17) is 14.2 Å². The van der Waals surface area contributed by atoms with E-state index in [2.05, 4.69) is 6.58 Å². The van der Waals surface area contributed by atoms with Crippen molar-refractivity contribution in [1.29, 1.82) is 0 Å². The molecule has 4 fully saturated rings. The Morgan fingerprint density at radius 1 is 1.38 bits per heavy atom.